The third-order valence-electron chi connectivity index (χ3n) is 6.80. The molecule has 0 aromatic heterocycles. The Balaban J connectivity index is 1.23. The molecule has 2 heterocycles. The van der Waals surface area contributed by atoms with E-state index in [1.54, 1.807) is 0 Å². The number of carbonyl (C=O) groups is 1. The van der Waals surface area contributed by atoms with Gasteiger partial charge >= 0.3 is 6.03 Å². The summed E-state index contributed by atoms with van der Waals surface area (Å²) in [5.74, 6) is 0. The lowest BCUT2D eigenvalue weighted by Gasteiger charge is -2.33. The van der Waals surface area contributed by atoms with Gasteiger partial charge in [0.2, 0.25) is 0 Å². The van der Waals surface area contributed by atoms with Crippen molar-refractivity contribution < 1.29 is 4.79 Å². The number of amides is 2. The smallest absolute Gasteiger partial charge is 0.315 e. The van der Waals surface area contributed by atoms with E-state index < -0.39 is 0 Å². The number of aryl methyl sites for hydroxylation is 1. The molecular formula is C26H36N4O. The standard InChI is InChI=1S/C26H36N4O/c1-21-9-5-6-12-23(21)20-29-17-13-24(14-18-29)28-26(31)27-19-25(30-15-7-8-16-30)22-10-3-2-4-11-22/h2-6,9-12,24-25H,7-8,13-20H2,1H3,(H2,27,28,31). The van der Waals surface area contributed by atoms with Crippen LogP contribution in [0.2, 0.25) is 0 Å². The van der Waals surface area contributed by atoms with Crippen molar-refractivity contribution in [3.8, 4) is 0 Å². The van der Waals surface area contributed by atoms with E-state index >= 15 is 0 Å². The second kappa shape index (κ2) is 10.8. The molecule has 2 saturated heterocycles. The van der Waals surface area contributed by atoms with E-state index in [1.807, 2.05) is 0 Å². The van der Waals surface area contributed by atoms with Crippen LogP contribution in [0, 0.1) is 6.92 Å². The van der Waals surface area contributed by atoms with Gasteiger partial charge < -0.3 is 10.6 Å². The molecule has 0 radical (unpaired) electrons. The Hall–Kier alpha value is -2.37. The van der Waals surface area contributed by atoms with Gasteiger partial charge in [0.05, 0.1) is 6.04 Å². The molecule has 2 N–H and O–H groups in total. The number of urea groups is 1. The highest BCUT2D eigenvalue weighted by Gasteiger charge is 2.25. The minimum Gasteiger partial charge on any atom is -0.336 e. The molecule has 2 aliphatic heterocycles. The van der Waals surface area contributed by atoms with Crippen LogP contribution < -0.4 is 10.6 Å². The second-order valence-electron chi connectivity index (χ2n) is 9.00. The average Bonchev–Trinajstić information content (AvgIpc) is 3.32. The van der Waals surface area contributed by atoms with Crippen molar-refractivity contribution in [2.45, 2.75) is 51.2 Å². The van der Waals surface area contributed by atoms with E-state index in [0.717, 1.165) is 45.6 Å². The summed E-state index contributed by atoms with van der Waals surface area (Å²) in [5, 5.41) is 6.38. The highest BCUT2D eigenvalue weighted by molar-refractivity contribution is 5.74. The maximum atomic E-state index is 12.6. The van der Waals surface area contributed by atoms with Gasteiger partial charge in [0.1, 0.15) is 0 Å². The maximum absolute atomic E-state index is 12.6. The molecule has 5 nitrogen and oxygen atoms in total. The first-order valence-corrected chi connectivity index (χ1v) is 11.8. The number of hydrogen-bond donors (Lipinski definition) is 2. The fourth-order valence-corrected chi connectivity index (χ4v) is 4.88. The molecule has 2 aromatic carbocycles. The normalized spacial score (nSPS) is 19.3. The Kier molecular flexibility index (Phi) is 7.60. The highest BCUT2D eigenvalue weighted by atomic mass is 16.2. The molecule has 0 bridgehead atoms. The molecule has 31 heavy (non-hydrogen) atoms. The maximum Gasteiger partial charge on any atom is 0.315 e. The van der Waals surface area contributed by atoms with E-state index in [-0.39, 0.29) is 18.1 Å². The van der Waals surface area contributed by atoms with Crippen molar-refractivity contribution in [2.75, 3.05) is 32.7 Å². The number of hydrogen-bond acceptors (Lipinski definition) is 3. The van der Waals surface area contributed by atoms with Gasteiger partial charge in [-0.3, -0.25) is 9.80 Å². The van der Waals surface area contributed by atoms with Crippen LogP contribution in [0.3, 0.4) is 0 Å². The Morgan fingerprint density at radius 2 is 1.65 bits per heavy atom. The SMILES string of the molecule is Cc1ccccc1CN1CCC(NC(=O)NCC(c2ccccc2)N2CCCC2)CC1. The highest BCUT2D eigenvalue weighted by Crippen LogP contribution is 2.24. The van der Waals surface area contributed by atoms with Crippen molar-refractivity contribution in [3.63, 3.8) is 0 Å². The van der Waals surface area contributed by atoms with Gasteiger partial charge in [0.15, 0.2) is 0 Å². The largest absolute Gasteiger partial charge is 0.336 e. The first-order valence-electron chi connectivity index (χ1n) is 11.8. The quantitative estimate of drug-likeness (QED) is 0.709. The number of piperidine rings is 1. The molecule has 0 saturated carbocycles. The summed E-state index contributed by atoms with van der Waals surface area (Å²) in [6.07, 6.45) is 4.51. The fraction of sp³-hybridized carbons (Fsp3) is 0.500. The van der Waals surface area contributed by atoms with Crippen LogP contribution in [0.1, 0.15) is 48.4 Å². The summed E-state index contributed by atoms with van der Waals surface area (Å²) < 4.78 is 0. The molecule has 2 aliphatic rings. The summed E-state index contributed by atoms with van der Waals surface area (Å²) >= 11 is 0. The van der Waals surface area contributed by atoms with Crippen LogP contribution in [0.5, 0.6) is 0 Å². The number of nitrogens with zero attached hydrogens (tertiary/aromatic N) is 2. The van der Waals surface area contributed by atoms with Crippen LogP contribution in [0.15, 0.2) is 54.6 Å². The lowest BCUT2D eigenvalue weighted by atomic mass is 10.0. The van der Waals surface area contributed by atoms with Crippen molar-refractivity contribution in [2.24, 2.45) is 0 Å². The van der Waals surface area contributed by atoms with E-state index in [0.29, 0.717) is 6.54 Å². The monoisotopic (exact) mass is 420 g/mol. The fourth-order valence-electron chi connectivity index (χ4n) is 4.88. The minimum atomic E-state index is -0.0301. The van der Waals surface area contributed by atoms with Gasteiger partial charge in [0.25, 0.3) is 0 Å². The van der Waals surface area contributed by atoms with Crippen LogP contribution in [-0.4, -0.2) is 54.6 Å². The zero-order valence-corrected chi connectivity index (χ0v) is 18.7. The number of rotatable bonds is 7. The number of benzene rings is 2. The zero-order chi connectivity index (χ0) is 21.5. The Morgan fingerprint density at radius 3 is 2.35 bits per heavy atom. The Bertz CT molecular complexity index is 826. The first-order chi connectivity index (χ1) is 15.2. The molecule has 0 spiro atoms. The summed E-state index contributed by atoms with van der Waals surface area (Å²) in [4.78, 5) is 17.6. The van der Waals surface area contributed by atoms with Crippen molar-refractivity contribution in [3.05, 3.63) is 71.3 Å². The average molecular weight is 421 g/mol. The molecule has 2 fully saturated rings. The summed E-state index contributed by atoms with van der Waals surface area (Å²) in [6.45, 7) is 8.12. The third kappa shape index (κ3) is 6.08. The summed E-state index contributed by atoms with van der Waals surface area (Å²) in [6, 6.07) is 19.7. The van der Waals surface area contributed by atoms with E-state index in [9.17, 15) is 4.79 Å². The van der Waals surface area contributed by atoms with Gasteiger partial charge in [-0.1, -0.05) is 54.6 Å². The molecule has 166 valence electrons. The van der Waals surface area contributed by atoms with Gasteiger partial charge in [-0.25, -0.2) is 4.79 Å². The Labute approximate surface area is 186 Å². The van der Waals surface area contributed by atoms with Gasteiger partial charge in [-0.2, -0.15) is 0 Å². The predicted molar refractivity (Wildman–Crippen MR) is 126 cm³/mol. The van der Waals surface area contributed by atoms with E-state index in [4.69, 9.17) is 0 Å². The summed E-state index contributed by atoms with van der Waals surface area (Å²) in [5.41, 5.74) is 4.04. The van der Waals surface area contributed by atoms with Crippen LogP contribution in [0.4, 0.5) is 4.79 Å². The molecule has 4 rings (SSSR count). The van der Waals surface area contributed by atoms with Gasteiger partial charge in [-0.05, 0) is 62.4 Å². The molecule has 2 amide bonds. The third-order valence-corrected chi connectivity index (χ3v) is 6.80. The predicted octanol–water partition coefficient (Wildman–Crippen LogP) is 4.10. The second-order valence-corrected chi connectivity index (χ2v) is 9.00. The zero-order valence-electron chi connectivity index (χ0n) is 18.7. The Morgan fingerprint density at radius 1 is 0.968 bits per heavy atom. The number of carbonyl (C=O) groups excluding carboxylic acids is 1. The molecule has 1 atom stereocenters. The van der Waals surface area contributed by atoms with Crippen molar-refractivity contribution >= 4 is 6.03 Å². The topological polar surface area (TPSA) is 47.6 Å². The number of nitrogens with one attached hydrogen (secondary N) is 2. The molecule has 5 heteroatoms. The molecule has 2 aromatic rings. The molecule has 0 aliphatic carbocycles. The van der Waals surface area contributed by atoms with Crippen molar-refractivity contribution in [1.29, 1.82) is 0 Å². The van der Waals surface area contributed by atoms with Gasteiger partial charge in [-0.15, -0.1) is 0 Å². The minimum absolute atomic E-state index is 0.0301. The molecule has 1 unspecified atom stereocenters. The van der Waals surface area contributed by atoms with Gasteiger partial charge in [0, 0.05) is 32.2 Å². The summed E-state index contributed by atoms with van der Waals surface area (Å²) in [7, 11) is 0. The first kappa shape index (κ1) is 21.8. The van der Waals surface area contributed by atoms with Crippen LogP contribution >= 0.6 is 0 Å². The van der Waals surface area contributed by atoms with Crippen molar-refractivity contribution in [1.82, 2.24) is 20.4 Å². The lowest BCUT2D eigenvalue weighted by molar-refractivity contribution is 0.184. The number of likely N-dealkylation sites (tertiary alicyclic amines) is 2. The van der Waals surface area contributed by atoms with Crippen LogP contribution in [-0.2, 0) is 6.54 Å². The lowest BCUT2D eigenvalue weighted by Crippen LogP contribution is -2.49. The van der Waals surface area contributed by atoms with E-state index in [2.05, 4.69) is 82.0 Å². The van der Waals surface area contributed by atoms with E-state index in [1.165, 1.54) is 29.5 Å². The van der Waals surface area contributed by atoms with Crippen LogP contribution in [0.25, 0.3) is 0 Å². The molecular weight excluding hydrogens is 384 g/mol.